The van der Waals surface area contributed by atoms with Gasteiger partial charge in [0.2, 0.25) is 0 Å². The highest BCUT2D eigenvalue weighted by atomic mass is 32.2. The molecule has 0 unspecified atom stereocenters. The van der Waals surface area contributed by atoms with E-state index in [2.05, 4.69) is 11.4 Å². The van der Waals surface area contributed by atoms with Crippen LogP contribution in [0.4, 0.5) is 10.5 Å². The van der Waals surface area contributed by atoms with Gasteiger partial charge < -0.3 is 11.1 Å². The number of hydrogen-bond acceptors (Lipinski definition) is 3. The average Bonchev–Trinajstić information content (AvgIpc) is 2.41. The Morgan fingerprint density at radius 2 is 1.74 bits per heavy atom. The lowest BCUT2D eigenvalue weighted by Crippen LogP contribution is -2.19. The zero-order valence-corrected chi connectivity index (χ0v) is 10.8. The minimum Gasteiger partial charge on any atom is -0.351 e. The molecule has 4 nitrogen and oxygen atoms in total. The lowest BCUT2D eigenvalue weighted by molar-refractivity contribution is 0.259. The normalized spacial score (nSPS) is 9.63. The number of nitrogens with zero attached hydrogens (tertiary/aromatic N) is 1. The number of nitriles is 1. The van der Waals surface area contributed by atoms with Crippen LogP contribution in [0, 0.1) is 11.3 Å². The van der Waals surface area contributed by atoms with Crippen LogP contribution in [0.2, 0.25) is 0 Å². The molecule has 0 aliphatic rings. The molecule has 0 fully saturated rings. The van der Waals surface area contributed by atoms with Gasteiger partial charge in [-0.1, -0.05) is 36.0 Å². The number of benzene rings is 2. The summed E-state index contributed by atoms with van der Waals surface area (Å²) < 4.78 is 0. The van der Waals surface area contributed by atoms with Crippen molar-refractivity contribution >= 4 is 23.5 Å². The molecule has 0 saturated carbocycles. The first-order valence-corrected chi connectivity index (χ1v) is 6.35. The number of rotatable bonds is 3. The summed E-state index contributed by atoms with van der Waals surface area (Å²) >= 11 is 1.41. The van der Waals surface area contributed by atoms with Gasteiger partial charge in [-0.05, 0) is 24.3 Å². The largest absolute Gasteiger partial charge is 0.351 e. The number of carbonyl (C=O) groups excluding carboxylic acids is 1. The molecule has 19 heavy (non-hydrogen) atoms. The molecular weight excluding hydrogens is 258 g/mol. The van der Waals surface area contributed by atoms with Crippen molar-refractivity contribution in [3.8, 4) is 6.07 Å². The zero-order valence-electron chi connectivity index (χ0n) is 9.96. The Labute approximate surface area is 115 Å². The van der Waals surface area contributed by atoms with Gasteiger partial charge in [0.05, 0.1) is 11.3 Å². The molecule has 0 spiro atoms. The van der Waals surface area contributed by atoms with Crippen LogP contribution in [0.3, 0.4) is 0 Å². The molecule has 2 rings (SSSR count). The fourth-order valence-corrected chi connectivity index (χ4v) is 2.54. The number of hydrogen-bond donors (Lipinski definition) is 2. The maximum absolute atomic E-state index is 10.9. The second-order valence-corrected chi connectivity index (χ2v) is 4.78. The standard InChI is InChI=1S/C14H11N3OS/c15-9-10-5-1-3-7-12(10)19-13-8-4-2-6-11(13)17-14(16)18/h1-8H,(H3,16,17,18). The molecule has 2 amide bonds. The summed E-state index contributed by atoms with van der Waals surface area (Å²) in [6.07, 6.45) is 0. The average molecular weight is 269 g/mol. The van der Waals surface area contributed by atoms with Crippen LogP contribution in [0.1, 0.15) is 5.56 Å². The van der Waals surface area contributed by atoms with Crippen molar-refractivity contribution < 1.29 is 4.79 Å². The number of nitrogens with one attached hydrogen (secondary N) is 1. The van der Waals surface area contributed by atoms with Crippen molar-refractivity contribution in [2.24, 2.45) is 5.73 Å². The van der Waals surface area contributed by atoms with Gasteiger partial charge in [-0.2, -0.15) is 5.26 Å². The SMILES string of the molecule is N#Cc1ccccc1Sc1ccccc1NC(N)=O. The predicted octanol–water partition coefficient (Wildman–Crippen LogP) is 3.20. The Kier molecular flexibility index (Phi) is 4.06. The second kappa shape index (κ2) is 5.94. The van der Waals surface area contributed by atoms with E-state index < -0.39 is 6.03 Å². The lowest BCUT2D eigenvalue weighted by Gasteiger charge is -2.09. The van der Waals surface area contributed by atoms with Crippen molar-refractivity contribution in [1.82, 2.24) is 0 Å². The van der Waals surface area contributed by atoms with Crippen LogP contribution >= 0.6 is 11.8 Å². The third-order valence-corrected chi connectivity index (χ3v) is 3.52. The highest BCUT2D eigenvalue weighted by molar-refractivity contribution is 7.99. The quantitative estimate of drug-likeness (QED) is 0.898. The molecule has 0 bridgehead atoms. The Bertz CT molecular complexity index is 649. The number of amides is 2. The van der Waals surface area contributed by atoms with Crippen molar-refractivity contribution in [3.63, 3.8) is 0 Å². The minimum absolute atomic E-state index is 0.598. The molecular formula is C14H11N3OS. The number of para-hydroxylation sites is 1. The third-order valence-electron chi connectivity index (χ3n) is 2.37. The van der Waals surface area contributed by atoms with Gasteiger partial charge in [0.15, 0.2) is 0 Å². The van der Waals surface area contributed by atoms with Gasteiger partial charge >= 0.3 is 6.03 Å². The molecule has 5 heteroatoms. The fourth-order valence-electron chi connectivity index (χ4n) is 1.56. The van der Waals surface area contributed by atoms with E-state index in [0.717, 1.165) is 9.79 Å². The van der Waals surface area contributed by atoms with E-state index in [0.29, 0.717) is 11.3 Å². The maximum atomic E-state index is 10.9. The lowest BCUT2D eigenvalue weighted by atomic mass is 10.2. The van der Waals surface area contributed by atoms with E-state index in [1.165, 1.54) is 11.8 Å². The first kappa shape index (κ1) is 13.0. The van der Waals surface area contributed by atoms with Crippen LogP contribution in [0.5, 0.6) is 0 Å². The van der Waals surface area contributed by atoms with Crippen molar-refractivity contribution in [2.75, 3.05) is 5.32 Å². The van der Waals surface area contributed by atoms with Crippen molar-refractivity contribution in [2.45, 2.75) is 9.79 Å². The molecule has 0 aromatic heterocycles. The smallest absolute Gasteiger partial charge is 0.316 e. The number of urea groups is 1. The fraction of sp³-hybridized carbons (Fsp3) is 0. The molecule has 0 aliphatic carbocycles. The molecule has 3 N–H and O–H groups in total. The molecule has 2 aromatic carbocycles. The number of nitrogens with two attached hydrogens (primary N) is 1. The van der Waals surface area contributed by atoms with E-state index in [-0.39, 0.29) is 0 Å². The summed E-state index contributed by atoms with van der Waals surface area (Å²) in [5.74, 6) is 0. The molecule has 2 aromatic rings. The number of primary amides is 1. The van der Waals surface area contributed by atoms with Crippen LogP contribution in [-0.2, 0) is 0 Å². The molecule has 94 valence electrons. The van der Waals surface area contributed by atoms with Crippen LogP contribution < -0.4 is 11.1 Å². The second-order valence-electron chi connectivity index (χ2n) is 3.70. The summed E-state index contributed by atoms with van der Waals surface area (Å²) in [7, 11) is 0. The van der Waals surface area contributed by atoms with Crippen molar-refractivity contribution in [1.29, 1.82) is 5.26 Å². The maximum Gasteiger partial charge on any atom is 0.316 e. The molecule has 0 radical (unpaired) electrons. The predicted molar refractivity (Wildman–Crippen MR) is 74.9 cm³/mol. The van der Waals surface area contributed by atoms with E-state index >= 15 is 0 Å². The molecule has 0 saturated heterocycles. The summed E-state index contributed by atoms with van der Waals surface area (Å²) in [5.41, 5.74) is 6.36. The van der Waals surface area contributed by atoms with E-state index in [1.54, 1.807) is 12.1 Å². The monoisotopic (exact) mass is 269 g/mol. The van der Waals surface area contributed by atoms with E-state index in [9.17, 15) is 4.79 Å². The molecule has 0 atom stereocenters. The summed E-state index contributed by atoms with van der Waals surface area (Å²) in [4.78, 5) is 12.6. The van der Waals surface area contributed by atoms with Crippen LogP contribution in [-0.4, -0.2) is 6.03 Å². The van der Waals surface area contributed by atoms with E-state index in [1.807, 2.05) is 36.4 Å². The molecule has 0 heterocycles. The zero-order chi connectivity index (χ0) is 13.7. The Morgan fingerprint density at radius 3 is 2.42 bits per heavy atom. The van der Waals surface area contributed by atoms with E-state index in [4.69, 9.17) is 11.0 Å². The van der Waals surface area contributed by atoms with Gasteiger partial charge in [-0.15, -0.1) is 0 Å². The highest BCUT2D eigenvalue weighted by Crippen LogP contribution is 2.34. The minimum atomic E-state index is -0.610. The highest BCUT2D eigenvalue weighted by Gasteiger charge is 2.08. The van der Waals surface area contributed by atoms with Gasteiger partial charge in [0, 0.05) is 9.79 Å². The summed E-state index contributed by atoms with van der Waals surface area (Å²) in [6.45, 7) is 0. The Hall–Kier alpha value is -2.45. The van der Waals surface area contributed by atoms with Crippen LogP contribution in [0.25, 0.3) is 0 Å². The topological polar surface area (TPSA) is 78.9 Å². The van der Waals surface area contributed by atoms with Gasteiger partial charge in [0.1, 0.15) is 6.07 Å². The van der Waals surface area contributed by atoms with Crippen LogP contribution in [0.15, 0.2) is 58.3 Å². The Balaban J connectivity index is 2.33. The van der Waals surface area contributed by atoms with Gasteiger partial charge in [0.25, 0.3) is 0 Å². The third kappa shape index (κ3) is 3.27. The first-order chi connectivity index (χ1) is 9.20. The van der Waals surface area contributed by atoms with Gasteiger partial charge in [-0.3, -0.25) is 0 Å². The number of carbonyl (C=O) groups is 1. The first-order valence-electron chi connectivity index (χ1n) is 5.53. The summed E-state index contributed by atoms with van der Waals surface area (Å²) in [6, 6.07) is 16.1. The summed E-state index contributed by atoms with van der Waals surface area (Å²) in [5, 5.41) is 11.6. The Morgan fingerprint density at radius 1 is 1.11 bits per heavy atom. The molecule has 0 aliphatic heterocycles. The van der Waals surface area contributed by atoms with Gasteiger partial charge in [-0.25, -0.2) is 4.79 Å². The van der Waals surface area contributed by atoms with Crippen molar-refractivity contribution in [3.05, 3.63) is 54.1 Å². The number of anilines is 1.